The Morgan fingerprint density at radius 3 is 2.23 bits per heavy atom. The second kappa shape index (κ2) is 8.86. The van der Waals surface area contributed by atoms with Gasteiger partial charge in [0, 0.05) is 46.1 Å². The van der Waals surface area contributed by atoms with Crippen molar-refractivity contribution in [3.63, 3.8) is 0 Å². The first-order chi connectivity index (χ1) is 14.4. The van der Waals surface area contributed by atoms with Crippen LogP contribution in [0.1, 0.15) is 53.3 Å². The topological polar surface area (TPSA) is 61.4 Å². The van der Waals surface area contributed by atoms with Gasteiger partial charge in [-0.2, -0.15) is 0 Å². The first kappa shape index (κ1) is 21.0. The molecule has 0 bridgehead atoms. The Morgan fingerprint density at radius 1 is 0.933 bits per heavy atom. The quantitative estimate of drug-likeness (QED) is 0.649. The Labute approximate surface area is 186 Å². The summed E-state index contributed by atoms with van der Waals surface area (Å²) in [6, 6.07) is 10.5. The van der Waals surface area contributed by atoms with Crippen molar-refractivity contribution in [3.05, 3.63) is 57.6 Å². The minimum absolute atomic E-state index is 0.0898. The zero-order valence-corrected chi connectivity index (χ0v) is 18.4. The fraction of sp³-hybridized carbons (Fsp3) is 0.391. The van der Waals surface area contributed by atoms with Crippen LogP contribution in [-0.4, -0.2) is 30.9 Å². The van der Waals surface area contributed by atoms with E-state index in [4.69, 9.17) is 23.2 Å². The Bertz CT molecular complexity index is 947. The van der Waals surface area contributed by atoms with Crippen LogP contribution in [0.2, 0.25) is 10.0 Å². The van der Waals surface area contributed by atoms with Crippen LogP contribution in [0.25, 0.3) is 0 Å². The number of carbonyl (C=O) groups is 2. The van der Waals surface area contributed by atoms with Crippen LogP contribution in [0.4, 0.5) is 11.4 Å². The van der Waals surface area contributed by atoms with Crippen LogP contribution in [0.3, 0.4) is 0 Å². The van der Waals surface area contributed by atoms with Gasteiger partial charge in [-0.15, -0.1) is 0 Å². The molecular formula is C23H25Cl2N3O2. The minimum atomic E-state index is -0.326. The molecule has 2 amide bonds. The number of halogens is 2. The number of hydrogen-bond donors (Lipinski definition) is 2. The van der Waals surface area contributed by atoms with Gasteiger partial charge in [0.1, 0.15) is 0 Å². The largest absolute Gasteiger partial charge is 0.371 e. The van der Waals surface area contributed by atoms with Gasteiger partial charge in [0.15, 0.2) is 0 Å². The molecule has 158 valence electrons. The normalized spacial score (nSPS) is 17.0. The SMILES string of the molecule is CC1CCN(c2ccc(NC(=O)c3cc(Cl)cc(Cl)c3)cc2C(=O)NC2CC2)CC1. The summed E-state index contributed by atoms with van der Waals surface area (Å²) in [5.74, 6) is 0.286. The van der Waals surface area contributed by atoms with E-state index in [2.05, 4.69) is 22.5 Å². The molecule has 7 heteroatoms. The number of rotatable bonds is 5. The predicted molar refractivity (Wildman–Crippen MR) is 122 cm³/mol. The van der Waals surface area contributed by atoms with E-state index in [1.807, 2.05) is 12.1 Å². The van der Waals surface area contributed by atoms with Gasteiger partial charge in [0.05, 0.1) is 5.56 Å². The summed E-state index contributed by atoms with van der Waals surface area (Å²) in [6.45, 7) is 4.12. The Hall–Kier alpha value is -2.24. The van der Waals surface area contributed by atoms with Crippen LogP contribution in [0, 0.1) is 5.92 Å². The fourth-order valence-electron chi connectivity index (χ4n) is 3.70. The first-order valence-electron chi connectivity index (χ1n) is 10.4. The van der Waals surface area contributed by atoms with Crippen molar-refractivity contribution < 1.29 is 9.59 Å². The highest BCUT2D eigenvalue weighted by Crippen LogP contribution is 2.30. The molecule has 2 aromatic rings. The van der Waals surface area contributed by atoms with Gasteiger partial charge in [-0.1, -0.05) is 30.1 Å². The standard InChI is InChI=1S/C23H25Cl2N3O2/c1-14-6-8-28(9-7-14)21-5-4-19(13-20(21)23(30)26-18-2-3-18)27-22(29)15-10-16(24)12-17(25)11-15/h4-5,10-14,18H,2-3,6-9H2,1H3,(H,26,30)(H,27,29). The second-order valence-corrected chi connectivity index (χ2v) is 9.13. The number of nitrogens with zero attached hydrogens (tertiary/aromatic N) is 1. The number of hydrogen-bond acceptors (Lipinski definition) is 3. The molecule has 0 unspecified atom stereocenters. The summed E-state index contributed by atoms with van der Waals surface area (Å²) in [6.07, 6.45) is 4.26. The van der Waals surface area contributed by atoms with Crippen molar-refractivity contribution in [2.45, 2.75) is 38.6 Å². The molecule has 0 atom stereocenters. The average molecular weight is 446 g/mol. The Balaban J connectivity index is 1.59. The van der Waals surface area contributed by atoms with E-state index >= 15 is 0 Å². The summed E-state index contributed by atoms with van der Waals surface area (Å²) >= 11 is 12.0. The zero-order valence-electron chi connectivity index (χ0n) is 16.9. The van der Waals surface area contributed by atoms with Gasteiger partial charge in [-0.3, -0.25) is 9.59 Å². The van der Waals surface area contributed by atoms with Crippen LogP contribution in [-0.2, 0) is 0 Å². The maximum atomic E-state index is 12.9. The summed E-state index contributed by atoms with van der Waals surface area (Å²) < 4.78 is 0. The second-order valence-electron chi connectivity index (χ2n) is 8.26. The third-order valence-electron chi connectivity index (χ3n) is 5.66. The smallest absolute Gasteiger partial charge is 0.255 e. The maximum absolute atomic E-state index is 12.9. The zero-order chi connectivity index (χ0) is 21.3. The Morgan fingerprint density at radius 2 is 1.60 bits per heavy atom. The highest BCUT2D eigenvalue weighted by atomic mass is 35.5. The predicted octanol–water partition coefficient (Wildman–Crippen LogP) is 5.37. The number of benzene rings is 2. The molecule has 2 aliphatic rings. The van der Waals surface area contributed by atoms with Gasteiger partial charge >= 0.3 is 0 Å². The van der Waals surface area contributed by atoms with Crippen molar-refractivity contribution in [2.24, 2.45) is 5.92 Å². The fourth-order valence-corrected chi connectivity index (χ4v) is 4.23. The molecular weight excluding hydrogens is 421 g/mol. The molecule has 5 nitrogen and oxygen atoms in total. The Kier molecular flexibility index (Phi) is 6.21. The molecule has 1 saturated carbocycles. The lowest BCUT2D eigenvalue weighted by Crippen LogP contribution is -2.35. The van der Waals surface area contributed by atoms with Crippen LogP contribution in [0.15, 0.2) is 36.4 Å². The summed E-state index contributed by atoms with van der Waals surface area (Å²) in [5.41, 5.74) is 2.44. The van der Waals surface area contributed by atoms with Crippen LogP contribution in [0.5, 0.6) is 0 Å². The van der Waals surface area contributed by atoms with E-state index in [1.165, 1.54) is 0 Å². The highest BCUT2D eigenvalue weighted by Gasteiger charge is 2.27. The van der Waals surface area contributed by atoms with Crippen LogP contribution >= 0.6 is 23.2 Å². The van der Waals surface area contributed by atoms with Crippen molar-refractivity contribution in [1.29, 1.82) is 0 Å². The number of carbonyl (C=O) groups excluding carboxylic acids is 2. The van der Waals surface area contributed by atoms with Crippen LogP contribution < -0.4 is 15.5 Å². The van der Waals surface area contributed by atoms with Crippen molar-refractivity contribution in [2.75, 3.05) is 23.3 Å². The lowest BCUT2D eigenvalue weighted by atomic mass is 9.97. The molecule has 1 heterocycles. The molecule has 0 radical (unpaired) electrons. The maximum Gasteiger partial charge on any atom is 0.255 e. The average Bonchev–Trinajstić information content (AvgIpc) is 3.52. The molecule has 1 aliphatic heterocycles. The summed E-state index contributed by atoms with van der Waals surface area (Å²) in [4.78, 5) is 27.9. The highest BCUT2D eigenvalue weighted by molar-refractivity contribution is 6.35. The molecule has 0 spiro atoms. The van der Waals surface area contributed by atoms with Gasteiger partial charge in [0.2, 0.25) is 0 Å². The van der Waals surface area contributed by atoms with Crippen molar-refractivity contribution >= 4 is 46.4 Å². The molecule has 2 aromatic carbocycles. The van der Waals surface area contributed by atoms with E-state index in [0.717, 1.165) is 44.5 Å². The summed E-state index contributed by atoms with van der Waals surface area (Å²) in [7, 11) is 0. The van der Waals surface area contributed by atoms with Gasteiger partial charge in [-0.05, 0) is 68.0 Å². The van der Waals surface area contributed by atoms with Crippen molar-refractivity contribution in [3.8, 4) is 0 Å². The summed E-state index contributed by atoms with van der Waals surface area (Å²) in [5, 5.41) is 6.72. The van der Waals surface area contributed by atoms with E-state index in [-0.39, 0.29) is 17.9 Å². The van der Waals surface area contributed by atoms with E-state index in [0.29, 0.717) is 32.8 Å². The third-order valence-corrected chi connectivity index (χ3v) is 6.10. The van der Waals surface area contributed by atoms with Gasteiger partial charge in [-0.25, -0.2) is 0 Å². The van der Waals surface area contributed by atoms with Gasteiger partial charge in [0.25, 0.3) is 11.8 Å². The molecule has 1 saturated heterocycles. The molecule has 30 heavy (non-hydrogen) atoms. The lowest BCUT2D eigenvalue weighted by Gasteiger charge is -2.33. The molecule has 1 aliphatic carbocycles. The molecule has 2 fully saturated rings. The third kappa shape index (κ3) is 5.08. The van der Waals surface area contributed by atoms with Crippen molar-refractivity contribution in [1.82, 2.24) is 5.32 Å². The van der Waals surface area contributed by atoms with Gasteiger partial charge < -0.3 is 15.5 Å². The van der Waals surface area contributed by atoms with E-state index in [9.17, 15) is 9.59 Å². The monoisotopic (exact) mass is 445 g/mol. The number of nitrogens with one attached hydrogen (secondary N) is 2. The van der Waals surface area contributed by atoms with E-state index in [1.54, 1.807) is 24.3 Å². The number of anilines is 2. The molecule has 2 N–H and O–H groups in total. The molecule has 4 rings (SSSR count). The molecule has 0 aromatic heterocycles. The first-order valence-corrected chi connectivity index (χ1v) is 11.1. The van der Waals surface area contributed by atoms with E-state index < -0.39 is 0 Å². The lowest BCUT2D eigenvalue weighted by molar-refractivity contribution is 0.0950. The number of amides is 2. The number of piperidine rings is 1. The minimum Gasteiger partial charge on any atom is -0.371 e.